The Bertz CT molecular complexity index is 873. The Labute approximate surface area is 112 Å². The van der Waals surface area contributed by atoms with Crippen LogP contribution in [-0.4, -0.2) is 24.9 Å². The van der Waals surface area contributed by atoms with E-state index in [1.165, 1.54) is 16.3 Å². The minimum Gasteiger partial charge on any atom is -0.279 e. The van der Waals surface area contributed by atoms with Crippen LogP contribution in [-0.2, 0) is 7.05 Å². The highest BCUT2D eigenvalue weighted by Gasteiger charge is 2.14. The summed E-state index contributed by atoms with van der Waals surface area (Å²) in [5, 5.41) is 18.0. The molecular formula is C12H9N5OS. The minimum absolute atomic E-state index is 0.104. The molecule has 1 aromatic carbocycles. The van der Waals surface area contributed by atoms with E-state index < -0.39 is 0 Å². The average Bonchev–Trinajstić information content (AvgIpc) is 2.86. The van der Waals surface area contributed by atoms with E-state index in [0.717, 1.165) is 5.52 Å². The maximum atomic E-state index is 12.2. The van der Waals surface area contributed by atoms with Crippen molar-refractivity contribution in [2.24, 2.45) is 7.05 Å². The zero-order valence-electron chi connectivity index (χ0n) is 10.1. The van der Waals surface area contributed by atoms with E-state index in [9.17, 15) is 4.79 Å². The first kappa shape index (κ1) is 11.7. The molecule has 2 heterocycles. The molecule has 0 bridgehead atoms. The lowest BCUT2D eigenvalue weighted by Gasteiger charge is -2.06. The molecule has 0 saturated heterocycles. The van der Waals surface area contributed by atoms with Crippen LogP contribution in [0.25, 0.3) is 16.7 Å². The highest BCUT2D eigenvalue weighted by atomic mass is 32.2. The molecule has 0 N–H and O–H groups in total. The van der Waals surface area contributed by atoms with Gasteiger partial charge in [-0.25, -0.2) is 0 Å². The molecule has 3 rings (SSSR count). The summed E-state index contributed by atoms with van der Waals surface area (Å²) < 4.78 is 3.27. The average molecular weight is 271 g/mol. The Kier molecular flexibility index (Phi) is 2.72. The fraction of sp³-hybridized carbons (Fsp3) is 0.167. The van der Waals surface area contributed by atoms with E-state index in [-0.39, 0.29) is 11.3 Å². The fourth-order valence-corrected chi connectivity index (χ4v) is 2.60. The maximum absolute atomic E-state index is 12.2. The molecule has 0 unspecified atom stereocenters. The predicted molar refractivity (Wildman–Crippen MR) is 72.1 cm³/mol. The largest absolute Gasteiger partial charge is 0.279 e. The van der Waals surface area contributed by atoms with Gasteiger partial charge in [-0.2, -0.15) is 5.26 Å². The summed E-state index contributed by atoms with van der Waals surface area (Å²) in [6, 6.07) is 9.36. The van der Waals surface area contributed by atoms with E-state index in [1.54, 1.807) is 17.5 Å². The van der Waals surface area contributed by atoms with Gasteiger partial charge < -0.3 is 0 Å². The van der Waals surface area contributed by atoms with Gasteiger partial charge >= 0.3 is 0 Å². The summed E-state index contributed by atoms with van der Waals surface area (Å²) in [5.74, 6) is 0.766. The molecule has 94 valence electrons. The van der Waals surface area contributed by atoms with Gasteiger partial charge in [0, 0.05) is 7.05 Å². The topological polar surface area (TPSA) is 76.0 Å². The standard InChI is InChI=1S/C12H9N5OS/c1-16-10(18)8-4-2-3-5-9(8)17-11(16)14-15-12(17)19-7-6-13/h2-5H,7H2,1H3. The molecule has 0 aliphatic heterocycles. The third kappa shape index (κ3) is 1.69. The van der Waals surface area contributed by atoms with Crippen LogP contribution < -0.4 is 5.56 Å². The molecule has 0 spiro atoms. The molecule has 0 saturated carbocycles. The fourth-order valence-electron chi connectivity index (χ4n) is 2.00. The van der Waals surface area contributed by atoms with Crippen LogP contribution in [0.1, 0.15) is 0 Å². The lowest BCUT2D eigenvalue weighted by Crippen LogP contribution is -2.20. The van der Waals surface area contributed by atoms with Crippen molar-refractivity contribution in [3.8, 4) is 6.07 Å². The van der Waals surface area contributed by atoms with Gasteiger partial charge in [0.1, 0.15) is 0 Å². The number of rotatable bonds is 2. The van der Waals surface area contributed by atoms with Gasteiger partial charge in [-0.3, -0.25) is 13.8 Å². The zero-order chi connectivity index (χ0) is 13.4. The number of nitriles is 1. The Morgan fingerprint density at radius 3 is 2.95 bits per heavy atom. The summed E-state index contributed by atoms with van der Waals surface area (Å²) in [7, 11) is 1.66. The van der Waals surface area contributed by atoms with Gasteiger partial charge in [-0.1, -0.05) is 23.9 Å². The van der Waals surface area contributed by atoms with Crippen LogP contribution >= 0.6 is 11.8 Å². The smallest absolute Gasteiger partial charge is 0.262 e. The second-order valence-electron chi connectivity index (χ2n) is 3.95. The van der Waals surface area contributed by atoms with Crippen LogP contribution in [0.2, 0.25) is 0 Å². The van der Waals surface area contributed by atoms with Crippen molar-refractivity contribution in [2.45, 2.75) is 5.16 Å². The molecule has 0 aliphatic rings. The van der Waals surface area contributed by atoms with E-state index in [0.29, 0.717) is 16.3 Å². The number of hydrogen-bond acceptors (Lipinski definition) is 5. The molecule has 2 aromatic heterocycles. The SMILES string of the molecule is Cn1c(=O)c2ccccc2n2c(SCC#N)nnc12. The third-order valence-corrected chi connectivity index (χ3v) is 3.66. The number of nitrogens with zero attached hydrogens (tertiary/aromatic N) is 5. The van der Waals surface area contributed by atoms with Crippen molar-refractivity contribution >= 4 is 28.4 Å². The minimum atomic E-state index is -0.104. The predicted octanol–water partition coefficient (Wildman–Crippen LogP) is 1.20. The molecule has 0 amide bonds. The third-order valence-electron chi connectivity index (χ3n) is 2.86. The van der Waals surface area contributed by atoms with Crippen molar-refractivity contribution in [1.29, 1.82) is 5.26 Å². The number of para-hydroxylation sites is 1. The summed E-state index contributed by atoms with van der Waals surface area (Å²) in [5.41, 5.74) is 0.651. The quantitative estimate of drug-likeness (QED) is 0.654. The van der Waals surface area contributed by atoms with Crippen molar-refractivity contribution in [2.75, 3.05) is 5.75 Å². The van der Waals surface area contributed by atoms with Gasteiger partial charge in [0.2, 0.25) is 5.78 Å². The van der Waals surface area contributed by atoms with Crippen LogP contribution in [0.5, 0.6) is 0 Å². The first-order valence-corrected chi connectivity index (χ1v) is 6.55. The lowest BCUT2D eigenvalue weighted by atomic mass is 10.2. The van der Waals surface area contributed by atoms with E-state index in [1.807, 2.05) is 18.2 Å². The van der Waals surface area contributed by atoms with Crippen molar-refractivity contribution in [3.05, 3.63) is 34.6 Å². The van der Waals surface area contributed by atoms with Crippen LogP contribution in [0.4, 0.5) is 0 Å². The Balaban J connectivity index is 2.46. The molecule has 19 heavy (non-hydrogen) atoms. The van der Waals surface area contributed by atoms with Gasteiger partial charge in [0.15, 0.2) is 5.16 Å². The first-order valence-electron chi connectivity index (χ1n) is 5.56. The van der Waals surface area contributed by atoms with E-state index in [4.69, 9.17) is 5.26 Å². The highest BCUT2D eigenvalue weighted by Crippen LogP contribution is 2.20. The Morgan fingerprint density at radius 1 is 1.37 bits per heavy atom. The molecule has 6 nitrogen and oxygen atoms in total. The summed E-state index contributed by atoms with van der Waals surface area (Å²) >= 11 is 1.30. The Hall–Kier alpha value is -2.33. The highest BCUT2D eigenvalue weighted by molar-refractivity contribution is 7.99. The van der Waals surface area contributed by atoms with Gasteiger partial charge in [-0.15, -0.1) is 10.2 Å². The summed E-state index contributed by atoms with van der Waals surface area (Å²) in [4.78, 5) is 12.2. The summed E-state index contributed by atoms with van der Waals surface area (Å²) in [6.07, 6.45) is 0. The summed E-state index contributed by atoms with van der Waals surface area (Å²) in [6.45, 7) is 0. The number of thioether (sulfide) groups is 1. The van der Waals surface area contributed by atoms with Crippen LogP contribution in [0.3, 0.4) is 0 Å². The molecule has 0 radical (unpaired) electrons. The number of aryl methyl sites for hydroxylation is 1. The normalized spacial score (nSPS) is 10.9. The van der Waals surface area contributed by atoms with Gasteiger partial charge in [0.05, 0.1) is 22.7 Å². The second-order valence-corrected chi connectivity index (χ2v) is 4.89. The van der Waals surface area contributed by atoms with Crippen LogP contribution in [0, 0.1) is 11.3 Å². The molecule has 0 atom stereocenters. The zero-order valence-corrected chi connectivity index (χ0v) is 10.9. The van der Waals surface area contributed by atoms with Crippen LogP contribution in [0.15, 0.2) is 34.2 Å². The van der Waals surface area contributed by atoms with E-state index >= 15 is 0 Å². The molecule has 7 heteroatoms. The monoisotopic (exact) mass is 271 g/mol. The number of hydrogen-bond donors (Lipinski definition) is 0. The van der Waals surface area contributed by atoms with E-state index in [2.05, 4.69) is 16.3 Å². The second kappa shape index (κ2) is 4.40. The Morgan fingerprint density at radius 2 is 2.16 bits per heavy atom. The number of fused-ring (bicyclic) bond motifs is 3. The first-order chi connectivity index (χ1) is 9.24. The number of aromatic nitrogens is 4. The molecule has 0 fully saturated rings. The molecule has 3 aromatic rings. The van der Waals surface area contributed by atoms with Crippen molar-refractivity contribution < 1.29 is 0 Å². The lowest BCUT2D eigenvalue weighted by molar-refractivity contribution is 0.854. The maximum Gasteiger partial charge on any atom is 0.262 e. The van der Waals surface area contributed by atoms with Gasteiger partial charge in [0.25, 0.3) is 5.56 Å². The molecular weight excluding hydrogens is 262 g/mol. The molecule has 0 aliphatic carbocycles. The van der Waals surface area contributed by atoms with Gasteiger partial charge in [-0.05, 0) is 12.1 Å². The number of benzene rings is 1. The van der Waals surface area contributed by atoms with Crippen molar-refractivity contribution in [1.82, 2.24) is 19.2 Å². The van der Waals surface area contributed by atoms with Crippen molar-refractivity contribution in [3.63, 3.8) is 0 Å².